The summed E-state index contributed by atoms with van der Waals surface area (Å²) in [5, 5.41) is 33.3. The zero-order valence-corrected chi connectivity index (χ0v) is 24.3. The third-order valence-corrected chi connectivity index (χ3v) is 9.02. The predicted octanol–water partition coefficient (Wildman–Crippen LogP) is 1.29. The first-order valence-electron chi connectivity index (χ1n) is 13.8. The number of likely N-dealkylation sites (N-methyl/N-ethyl adjacent to an activating group) is 1. The molecule has 5 rings (SSSR count). The van der Waals surface area contributed by atoms with Crippen LogP contribution in [0.25, 0.3) is 11.1 Å². The number of halogens is 3. The van der Waals surface area contributed by atoms with Crippen LogP contribution in [-0.4, -0.2) is 95.8 Å². The molecule has 2 aromatic carbocycles. The molecular weight excluding hydrogens is 587 g/mol. The lowest BCUT2D eigenvalue weighted by atomic mass is 9.52. The lowest BCUT2D eigenvalue weighted by Crippen LogP contribution is -2.74. The van der Waals surface area contributed by atoms with Gasteiger partial charge in [-0.3, -0.25) is 24.1 Å². The average molecular weight is 620 g/mol. The number of aliphatic hydroxyl groups excluding tert-OH is 1. The molecule has 0 amide bonds. The van der Waals surface area contributed by atoms with Crippen molar-refractivity contribution in [1.82, 2.24) is 4.90 Å². The van der Waals surface area contributed by atoms with Gasteiger partial charge in [-0.15, -0.1) is 13.2 Å². The number of fused-ring (bicyclic) bond motifs is 3. The van der Waals surface area contributed by atoms with Gasteiger partial charge < -0.3 is 30.7 Å². The van der Waals surface area contributed by atoms with Gasteiger partial charge in [0.1, 0.15) is 23.6 Å². The number of hydrogen-bond acceptors (Lipinski definition) is 11. The van der Waals surface area contributed by atoms with Crippen molar-refractivity contribution in [1.29, 1.82) is 0 Å². The summed E-state index contributed by atoms with van der Waals surface area (Å²) in [6.45, 7) is 0. The number of carbonyl (C=O) groups excluding carboxylic acids is 4. The number of aliphatic hydroxyl groups is 2. The van der Waals surface area contributed by atoms with Gasteiger partial charge in [-0.05, 0) is 62.2 Å². The number of phenolic OH excluding ortho intramolecular Hbond substituents is 1. The summed E-state index contributed by atoms with van der Waals surface area (Å²) in [7, 11) is 6.44. The van der Waals surface area contributed by atoms with Gasteiger partial charge in [-0.1, -0.05) is 12.1 Å². The van der Waals surface area contributed by atoms with Gasteiger partial charge in [0.05, 0.1) is 17.5 Å². The van der Waals surface area contributed by atoms with E-state index in [-0.39, 0.29) is 29.5 Å². The summed E-state index contributed by atoms with van der Waals surface area (Å²) in [6.07, 6.45) is -6.89. The quantitative estimate of drug-likeness (QED) is 0.281. The Labute approximate surface area is 250 Å². The van der Waals surface area contributed by atoms with E-state index in [9.17, 15) is 47.7 Å². The third-order valence-electron chi connectivity index (χ3n) is 9.02. The fourth-order valence-corrected chi connectivity index (χ4v) is 7.19. The van der Waals surface area contributed by atoms with Crippen molar-refractivity contribution in [3.05, 3.63) is 41.5 Å². The number of phenols is 1. The molecule has 0 spiro atoms. The first-order chi connectivity index (χ1) is 20.4. The number of benzene rings is 2. The number of aromatic hydroxyl groups is 1. The topological polar surface area (TPSA) is 171 Å². The van der Waals surface area contributed by atoms with Crippen LogP contribution in [0.15, 0.2) is 30.3 Å². The van der Waals surface area contributed by atoms with Crippen LogP contribution >= 0.6 is 0 Å². The number of ether oxygens (including phenoxy) is 1. The minimum Gasteiger partial charge on any atom is -0.507 e. The van der Waals surface area contributed by atoms with E-state index in [1.54, 1.807) is 25.1 Å². The Kier molecular flexibility index (Phi) is 7.64. The van der Waals surface area contributed by atoms with Crippen LogP contribution < -0.4 is 15.4 Å². The third kappa shape index (κ3) is 4.76. The number of ketones is 4. The highest BCUT2D eigenvalue weighted by Crippen LogP contribution is 2.53. The van der Waals surface area contributed by atoms with E-state index in [4.69, 9.17) is 5.73 Å². The van der Waals surface area contributed by atoms with Gasteiger partial charge in [0, 0.05) is 31.3 Å². The number of alkyl halides is 3. The highest BCUT2D eigenvalue weighted by molar-refractivity contribution is 6.27. The van der Waals surface area contributed by atoms with E-state index in [1.807, 2.05) is 0 Å². The Hall–Kier alpha value is -3.85. The number of anilines is 1. The molecule has 2 saturated carbocycles. The number of hydrogen-bond donors (Lipinski definition) is 4. The number of carbonyl (C=O) groups is 4. The molecule has 0 aromatic heterocycles. The van der Waals surface area contributed by atoms with Crippen molar-refractivity contribution in [3.63, 3.8) is 0 Å². The Morgan fingerprint density at radius 1 is 1.05 bits per heavy atom. The molecule has 0 saturated heterocycles. The molecule has 3 unspecified atom stereocenters. The molecule has 3 aliphatic rings. The second-order valence-corrected chi connectivity index (χ2v) is 12.0. The number of nitrogens with two attached hydrogens (primary N) is 1. The minimum atomic E-state index is -4.91. The van der Waals surface area contributed by atoms with Crippen LogP contribution in [-0.2, 0) is 20.8 Å². The van der Waals surface area contributed by atoms with Gasteiger partial charge in [0.15, 0.2) is 28.7 Å². The zero-order chi connectivity index (χ0) is 32.6. The molecule has 5 N–H and O–H groups in total. The first kappa shape index (κ1) is 31.6. The fraction of sp³-hybridized carbons (Fsp3) is 0.467. The van der Waals surface area contributed by atoms with Crippen LogP contribution in [0, 0.1) is 23.7 Å². The average Bonchev–Trinajstić information content (AvgIpc) is 2.90. The van der Waals surface area contributed by atoms with Gasteiger partial charge in [0.25, 0.3) is 0 Å². The molecule has 2 aromatic rings. The molecule has 2 fully saturated rings. The van der Waals surface area contributed by atoms with Crippen LogP contribution in [0.5, 0.6) is 11.5 Å². The highest BCUT2D eigenvalue weighted by atomic mass is 19.4. The Balaban J connectivity index is 1.63. The molecule has 3 aliphatic carbocycles. The van der Waals surface area contributed by atoms with Crippen molar-refractivity contribution in [3.8, 4) is 22.6 Å². The minimum absolute atomic E-state index is 0.0676. The van der Waals surface area contributed by atoms with Crippen molar-refractivity contribution >= 4 is 28.8 Å². The van der Waals surface area contributed by atoms with Gasteiger partial charge in [0.2, 0.25) is 0 Å². The molecule has 0 aliphatic heterocycles. The van der Waals surface area contributed by atoms with Crippen molar-refractivity contribution in [2.75, 3.05) is 33.1 Å². The molecule has 44 heavy (non-hydrogen) atoms. The second kappa shape index (κ2) is 10.6. The SMILES string of the molecule is CN(C)c1cc(-c2ccc(OC(F)(F)F)cc2)c(O)c2c1C[C@H]1C[C@H]3[C@H](N(C)C)C(=O)C(C(N)O)C(=O)[C@@]3(O)C(=O)C1C2=O. The maximum absolute atomic E-state index is 14.2. The zero-order valence-electron chi connectivity index (χ0n) is 24.3. The monoisotopic (exact) mass is 619 g/mol. The van der Waals surface area contributed by atoms with E-state index in [0.717, 1.165) is 12.1 Å². The Morgan fingerprint density at radius 2 is 1.66 bits per heavy atom. The number of rotatable bonds is 5. The molecule has 0 radical (unpaired) electrons. The van der Waals surface area contributed by atoms with Gasteiger partial charge >= 0.3 is 6.36 Å². The Bertz CT molecular complexity index is 1560. The van der Waals surface area contributed by atoms with Crippen LogP contribution in [0.1, 0.15) is 22.3 Å². The van der Waals surface area contributed by atoms with Gasteiger partial charge in [-0.25, -0.2) is 0 Å². The fourth-order valence-electron chi connectivity index (χ4n) is 7.19. The summed E-state index contributed by atoms with van der Waals surface area (Å²) in [5.41, 5.74) is 3.78. The molecule has 7 atom stereocenters. The van der Waals surface area contributed by atoms with Crippen molar-refractivity contribution < 1.29 is 52.4 Å². The summed E-state index contributed by atoms with van der Waals surface area (Å²) in [6, 6.07) is 5.06. The number of Topliss-reactive ketones (excluding diaryl/α,β-unsaturated/α-hetero) is 4. The lowest BCUT2D eigenvalue weighted by Gasteiger charge is -2.53. The molecular formula is C30H32F3N3O8. The van der Waals surface area contributed by atoms with E-state index in [1.165, 1.54) is 31.1 Å². The summed E-state index contributed by atoms with van der Waals surface area (Å²) >= 11 is 0. The van der Waals surface area contributed by atoms with Crippen molar-refractivity contribution in [2.45, 2.75) is 37.1 Å². The molecule has 0 heterocycles. The van der Waals surface area contributed by atoms with E-state index in [0.29, 0.717) is 11.3 Å². The largest absolute Gasteiger partial charge is 0.573 e. The van der Waals surface area contributed by atoms with Crippen LogP contribution in [0.4, 0.5) is 18.9 Å². The highest BCUT2D eigenvalue weighted by Gasteiger charge is 2.69. The summed E-state index contributed by atoms with van der Waals surface area (Å²) < 4.78 is 41.9. The van der Waals surface area contributed by atoms with E-state index >= 15 is 0 Å². The number of nitrogens with zero attached hydrogens (tertiary/aromatic N) is 2. The van der Waals surface area contributed by atoms with Gasteiger partial charge in [-0.2, -0.15) is 0 Å². The van der Waals surface area contributed by atoms with Crippen molar-refractivity contribution in [2.24, 2.45) is 29.4 Å². The summed E-state index contributed by atoms with van der Waals surface area (Å²) in [4.78, 5) is 58.2. The maximum atomic E-state index is 14.2. The summed E-state index contributed by atoms with van der Waals surface area (Å²) in [5.74, 6) is -10.4. The van der Waals surface area contributed by atoms with E-state index in [2.05, 4.69) is 4.74 Å². The molecule has 236 valence electrons. The smallest absolute Gasteiger partial charge is 0.507 e. The maximum Gasteiger partial charge on any atom is 0.573 e. The first-order valence-corrected chi connectivity index (χ1v) is 13.8. The van der Waals surface area contributed by atoms with E-state index < -0.39 is 82.5 Å². The standard InChI is InChI=1S/C30H32F3N3O8/c1-35(2)18-11-15(12-5-7-14(8-6-12)44-30(31,32)33)23(37)20-16(18)9-13-10-17-22(36(3)4)25(39)21(28(34)42)27(41)29(17,43)26(40)19(13)24(20)38/h5-8,11,13,17,19,21-22,28,37,42-43H,9-10,34H2,1-4H3/t13-,17-,19?,21?,22-,28?,29-/m0/s1. The lowest BCUT2D eigenvalue weighted by molar-refractivity contribution is -0.274. The molecule has 0 bridgehead atoms. The van der Waals surface area contributed by atoms with Crippen LogP contribution in [0.3, 0.4) is 0 Å². The predicted molar refractivity (Wildman–Crippen MR) is 149 cm³/mol. The Morgan fingerprint density at radius 3 is 2.18 bits per heavy atom. The second-order valence-electron chi connectivity index (χ2n) is 12.0. The van der Waals surface area contributed by atoms with Crippen LogP contribution in [0.2, 0.25) is 0 Å². The molecule has 14 heteroatoms. The normalized spacial score (nSPS) is 29.2. The molecule has 11 nitrogen and oxygen atoms in total.